The summed E-state index contributed by atoms with van der Waals surface area (Å²) in [6.07, 6.45) is 1.27. The lowest BCUT2D eigenvalue weighted by molar-refractivity contribution is -0.143. The van der Waals surface area contributed by atoms with Crippen LogP contribution in [0, 0.1) is 0 Å². The van der Waals surface area contributed by atoms with Crippen LogP contribution in [0.4, 0.5) is 0 Å². The Morgan fingerprint density at radius 2 is 1.52 bits per heavy atom. The Labute approximate surface area is 172 Å². The van der Waals surface area contributed by atoms with Crippen LogP contribution in [-0.4, -0.2) is 87.8 Å². The molecule has 0 aromatic heterocycles. The molecular formula is C16H28N4O8S. The van der Waals surface area contributed by atoms with Crippen molar-refractivity contribution in [3.8, 4) is 0 Å². The van der Waals surface area contributed by atoms with Gasteiger partial charge in [0.25, 0.3) is 0 Å². The van der Waals surface area contributed by atoms with Crippen molar-refractivity contribution in [3.05, 3.63) is 0 Å². The van der Waals surface area contributed by atoms with Crippen LogP contribution < -0.4 is 21.7 Å². The van der Waals surface area contributed by atoms with E-state index in [9.17, 15) is 24.0 Å². The topological polar surface area (TPSA) is 208 Å². The first kappa shape index (κ1) is 26.6. The van der Waals surface area contributed by atoms with Gasteiger partial charge in [0, 0.05) is 6.42 Å². The SMILES string of the molecule is CSCCC(NC(=O)C(N)CO)C(=O)NC(C)C(=O)NC(CCC(=O)O)C(=O)O. The van der Waals surface area contributed by atoms with Crippen LogP contribution in [0.3, 0.4) is 0 Å². The molecule has 3 amide bonds. The highest BCUT2D eigenvalue weighted by Crippen LogP contribution is 2.03. The number of carboxylic acid groups (broad SMARTS) is 2. The maximum absolute atomic E-state index is 12.4. The van der Waals surface area contributed by atoms with Crippen LogP contribution in [-0.2, 0) is 24.0 Å². The van der Waals surface area contributed by atoms with Crippen LogP contribution in [0.5, 0.6) is 0 Å². The van der Waals surface area contributed by atoms with Gasteiger partial charge in [0.05, 0.1) is 6.61 Å². The van der Waals surface area contributed by atoms with Gasteiger partial charge in [-0.3, -0.25) is 19.2 Å². The van der Waals surface area contributed by atoms with Crippen molar-refractivity contribution in [2.24, 2.45) is 5.73 Å². The second-order valence-corrected chi connectivity index (χ2v) is 7.18. The zero-order chi connectivity index (χ0) is 22.6. The van der Waals surface area contributed by atoms with E-state index < -0.39 is 66.9 Å². The van der Waals surface area contributed by atoms with Crippen LogP contribution in [0.1, 0.15) is 26.2 Å². The fraction of sp³-hybridized carbons (Fsp3) is 0.688. The van der Waals surface area contributed by atoms with Crippen LogP contribution in [0.2, 0.25) is 0 Å². The minimum atomic E-state index is -1.42. The number of carboxylic acids is 2. The highest BCUT2D eigenvalue weighted by molar-refractivity contribution is 7.98. The maximum Gasteiger partial charge on any atom is 0.326 e. The molecule has 13 heteroatoms. The molecule has 0 spiro atoms. The summed E-state index contributed by atoms with van der Waals surface area (Å²) in [5.41, 5.74) is 5.42. The van der Waals surface area contributed by atoms with Gasteiger partial charge in [-0.1, -0.05) is 0 Å². The van der Waals surface area contributed by atoms with E-state index in [1.54, 1.807) is 6.26 Å². The van der Waals surface area contributed by atoms with Gasteiger partial charge in [-0.15, -0.1) is 0 Å². The van der Waals surface area contributed by atoms with Crippen molar-refractivity contribution < 1.29 is 39.3 Å². The first-order valence-corrected chi connectivity index (χ1v) is 10.1. The summed E-state index contributed by atoms with van der Waals surface area (Å²) in [7, 11) is 0. The van der Waals surface area contributed by atoms with Gasteiger partial charge in [-0.2, -0.15) is 11.8 Å². The predicted octanol–water partition coefficient (Wildman–Crippen LogP) is -2.52. The van der Waals surface area contributed by atoms with Crippen molar-refractivity contribution in [2.45, 2.75) is 50.4 Å². The Bertz CT molecular complexity index is 603. The van der Waals surface area contributed by atoms with Crippen molar-refractivity contribution in [3.63, 3.8) is 0 Å². The zero-order valence-corrected chi connectivity index (χ0v) is 17.0. The van der Waals surface area contributed by atoms with Gasteiger partial charge in [0.2, 0.25) is 17.7 Å². The van der Waals surface area contributed by atoms with E-state index in [2.05, 4.69) is 16.0 Å². The molecule has 0 aromatic carbocycles. The zero-order valence-electron chi connectivity index (χ0n) is 16.2. The second-order valence-electron chi connectivity index (χ2n) is 6.19. The fourth-order valence-corrected chi connectivity index (χ4v) is 2.54. The molecule has 0 aromatic rings. The highest BCUT2D eigenvalue weighted by Gasteiger charge is 2.28. The number of hydrogen-bond donors (Lipinski definition) is 7. The molecule has 0 radical (unpaired) electrons. The summed E-state index contributed by atoms with van der Waals surface area (Å²) < 4.78 is 0. The summed E-state index contributed by atoms with van der Waals surface area (Å²) in [6, 6.07) is -4.78. The molecule has 8 N–H and O–H groups in total. The lowest BCUT2D eigenvalue weighted by Crippen LogP contribution is -2.56. The first-order valence-electron chi connectivity index (χ1n) is 8.74. The standard InChI is InChI=1S/C16H28N4O8S/c1-8(13(24)20-11(16(27)28)3-4-12(22)23)18-15(26)10(5-6-29-2)19-14(25)9(17)7-21/h8-11,21H,3-7,17H2,1-2H3,(H,18,26)(H,19,25)(H,20,24)(H,22,23)(H,27,28). The number of aliphatic carboxylic acids is 2. The lowest BCUT2D eigenvalue weighted by Gasteiger charge is -2.23. The van der Waals surface area contributed by atoms with Gasteiger partial charge < -0.3 is 37.0 Å². The lowest BCUT2D eigenvalue weighted by atomic mass is 10.1. The Morgan fingerprint density at radius 3 is 2.00 bits per heavy atom. The minimum absolute atomic E-state index is 0.238. The Hall–Kier alpha value is -2.38. The van der Waals surface area contributed by atoms with Crippen molar-refractivity contribution >= 4 is 41.4 Å². The summed E-state index contributed by atoms with van der Waals surface area (Å²) in [5.74, 6) is -4.33. The molecule has 0 aliphatic heterocycles. The molecule has 12 nitrogen and oxygen atoms in total. The van der Waals surface area contributed by atoms with Gasteiger partial charge in [0.1, 0.15) is 24.2 Å². The molecule has 0 saturated carbocycles. The largest absolute Gasteiger partial charge is 0.481 e. The molecule has 0 saturated heterocycles. The molecule has 0 aliphatic carbocycles. The number of nitrogens with two attached hydrogens (primary N) is 1. The number of aliphatic hydroxyl groups excluding tert-OH is 1. The van der Waals surface area contributed by atoms with Crippen LogP contribution in [0.15, 0.2) is 0 Å². The summed E-state index contributed by atoms with van der Waals surface area (Å²) in [5, 5.41) is 33.6. The smallest absolute Gasteiger partial charge is 0.326 e. The Morgan fingerprint density at radius 1 is 0.931 bits per heavy atom. The first-order chi connectivity index (χ1) is 13.5. The molecule has 0 aliphatic rings. The van der Waals surface area contributed by atoms with Crippen molar-refractivity contribution in [2.75, 3.05) is 18.6 Å². The third kappa shape index (κ3) is 10.7. The number of hydrogen-bond acceptors (Lipinski definition) is 8. The van der Waals surface area contributed by atoms with Gasteiger partial charge in [0.15, 0.2) is 0 Å². The van der Waals surface area contributed by atoms with Crippen LogP contribution in [0.25, 0.3) is 0 Å². The van der Waals surface area contributed by atoms with Crippen molar-refractivity contribution in [1.29, 1.82) is 0 Å². The number of rotatable bonds is 14. The quantitative estimate of drug-likeness (QED) is 0.152. The summed E-state index contributed by atoms with van der Waals surface area (Å²) >= 11 is 1.43. The number of carbonyl (C=O) groups is 5. The Kier molecular flexibility index (Phi) is 12.6. The van der Waals surface area contributed by atoms with E-state index in [0.29, 0.717) is 5.75 Å². The third-order valence-corrected chi connectivity index (χ3v) is 4.43. The Balaban J connectivity index is 4.95. The van der Waals surface area contributed by atoms with Gasteiger partial charge in [-0.05, 0) is 31.8 Å². The minimum Gasteiger partial charge on any atom is -0.481 e. The number of aliphatic hydroxyl groups is 1. The fourth-order valence-electron chi connectivity index (χ4n) is 2.07. The molecule has 0 heterocycles. The average Bonchev–Trinajstić information content (AvgIpc) is 2.66. The monoisotopic (exact) mass is 436 g/mol. The molecule has 0 fully saturated rings. The molecular weight excluding hydrogens is 408 g/mol. The molecule has 4 unspecified atom stereocenters. The predicted molar refractivity (Wildman–Crippen MR) is 104 cm³/mol. The van der Waals surface area contributed by atoms with E-state index in [4.69, 9.17) is 21.1 Å². The second kappa shape index (κ2) is 13.7. The van der Waals surface area contributed by atoms with E-state index in [0.717, 1.165) is 0 Å². The molecule has 29 heavy (non-hydrogen) atoms. The van der Waals surface area contributed by atoms with E-state index in [-0.39, 0.29) is 12.8 Å². The summed E-state index contributed by atoms with van der Waals surface area (Å²) in [4.78, 5) is 58.2. The highest BCUT2D eigenvalue weighted by atomic mass is 32.2. The van der Waals surface area contributed by atoms with E-state index >= 15 is 0 Å². The third-order valence-electron chi connectivity index (χ3n) is 3.79. The number of thioether (sulfide) groups is 1. The average molecular weight is 436 g/mol. The van der Waals surface area contributed by atoms with Gasteiger partial charge >= 0.3 is 11.9 Å². The van der Waals surface area contributed by atoms with E-state index in [1.165, 1.54) is 18.7 Å². The molecule has 0 bridgehead atoms. The number of carbonyl (C=O) groups excluding carboxylic acids is 3. The molecule has 4 atom stereocenters. The number of amides is 3. The number of nitrogens with one attached hydrogen (secondary N) is 3. The molecule has 166 valence electrons. The van der Waals surface area contributed by atoms with E-state index in [1.807, 2.05) is 0 Å². The molecule has 0 rings (SSSR count). The van der Waals surface area contributed by atoms with Crippen LogP contribution >= 0.6 is 11.8 Å². The maximum atomic E-state index is 12.4. The van der Waals surface area contributed by atoms with Gasteiger partial charge in [-0.25, -0.2) is 4.79 Å². The normalized spacial score (nSPS) is 14.8. The van der Waals surface area contributed by atoms with Crippen molar-refractivity contribution in [1.82, 2.24) is 16.0 Å². The summed E-state index contributed by atoms with van der Waals surface area (Å²) in [6.45, 7) is 0.713.